The van der Waals surface area contributed by atoms with Crippen molar-refractivity contribution in [1.29, 1.82) is 0 Å². The summed E-state index contributed by atoms with van der Waals surface area (Å²) in [6.45, 7) is 6.10. The van der Waals surface area contributed by atoms with Crippen molar-refractivity contribution in [2.45, 2.75) is 71.5 Å². The quantitative estimate of drug-likeness (QED) is 0.733. The van der Waals surface area contributed by atoms with Crippen molar-refractivity contribution in [3.63, 3.8) is 0 Å². The highest BCUT2D eigenvalue weighted by Crippen LogP contribution is 2.19. The topological polar surface area (TPSA) is 49.4 Å². The van der Waals surface area contributed by atoms with Crippen LogP contribution >= 0.6 is 0 Å². The largest absolute Gasteiger partial charge is 0.352 e. The Hall–Kier alpha value is -2.69. The van der Waals surface area contributed by atoms with Crippen molar-refractivity contribution in [3.05, 3.63) is 70.5 Å². The summed E-state index contributed by atoms with van der Waals surface area (Å²) >= 11 is 0. The van der Waals surface area contributed by atoms with Gasteiger partial charge in [-0.1, -0.05) is 43.2 Å². The van der Waals surface area contributed by atoms with E-state index in [1.54, 1.807) is 24.0 Å². The maximum Gasteiger partial charge on any atom is 0.242 e. The third-order valence-electron chi connectivity index (χ3n) is 6.06. The Kier molecular flexibility index (Phi) is 7.24. The first-order valence-electron chi connectivity index (χ1n) is 10.7. The first kappa shape index (κ1) is 22.0. The van der Waals surface area contributed by atoms with Crippen molar-refractivity contribution in [1.82, 2.24) is 10.2 Å². The number of halogens is 1. The molecule has 0 spiro atoms. The lowest BCUT2D eigenvalue weighted by molar-refractivity contribution is -0.140. The van der Waals surface area contributed by atoms with Gasteiger partial charge in [0.1, 0.15) is 11.9 Å². The Bertz CT molecular complexity index is 889. The minimum absolute atomic E-state index is 0.114. The summed E-state index contributed by atoms with van der Waals surface area (Å²) < 4.78 is 13.3. The molecule has 0 saturated heterocycles. The molecule has 1 aliphatic carbocycles. The molecule has 0 heterocycles. The molecule has 0 radical (unpaired) electrons. The molecule has 160 valence electrons. The lowest BCUT2D eigenvalue weighted by Gasteiger charge is -2.30. The fourth-order valence-corrected chi connectivity index (χ4v) is 3.95. The van der Waals surface area contributed by atoms with E-state index in [4.69, 9.17) is 0 Å². The van der Waals surface area contributed by atoms with Crippen LogP contribution in [-0.2, 0) is 22.6 Å². The van der Waals surface area contributed by atoms with Crippen molar-refractivity contribution in [3.8, 4) is 0 Å². The highest BCUT2D eigenvalue weighted by Gasteiger charge is 2.28. The Morgan fingerprint density at radius 2 is 1.67 bits per heavy atom. The summed E-state index contributed by atoms with van der Waals surface area (Å²) in [5, 5.41) is 3.10. The van der Waals surface area contributed by atoms with Gasteiger partial charge in [0, 0.05) is 12.6 Å². The third kappa shape index (κ3) is 5.68. The Labute approximate surface area is 178 Å². The van der Waals surface area contributed by atoms with Crippen molar-refractivity contribution < 1.29 is 14.0 Å². The number of nitrogens with one attached hydrogen (secondary N) is 1. The second-order valence-electron chi connectivity index (χ2n) is 8.41. The van der Waals surface area contributed by atoms with Gasteiger partial charge in [-0.2, -0.15) is 0 Å². The molecule has 2 aromatic carbocycles. The van der Waals surface area contributed by atoms with Crippen molar-refractivity contribution in [2.24, 2.45) is 0 Å². The molecule has 2 amide bonds. The van der Waals surface area contributed by atoms with E-state index in [2.05, 4.69) is 5.32 Å². The highest BCUT2D eigenvalue weighted by molar-refractivity contribution is 5.88. The summed E-state index contributed by atoms with van der Waals surface area (Å²) in [6.07, 6.45) is 4.47. The van der Waals surface area contributed by atoms with Crippen LogP contribution in [0.25, 0.3) is 0 Å². The second kappa shape index (κ2) is 9.88. The van der Waals surface area contributed by atoms with E-state index in [9.17, 15) is 14.0 Å². The van der Waals surface area contributed by atoms with Crippen LogP contribution in [0.1, 0.15) is 54.9 Å². The van der Waals surface area contributed by atoms with Crippen LogP contribution in [0, 0.1) is 19.7 Å². The summed E-state index contributed by atoms with van der Waals surface area (Å²) in [5.74, 6) is -0.562. The molecule has 0 aromatic heterocycles. The lowest BCUT2D eigenvalue weighted by atomic mass is 10.0. The number of hydrogen-bond acceptors (Lipinski definition) is 2. The SMILES string of the molecule is Cc1ccc(CC(=O)N(Cc2ccc(F)cc2)C(C)C(=O)NC2CCCC2)cc1C. The molecule has 1 fully saturated rings. The van der Waals surface area contributed by atoms with E-state index < -0.39 is 6.04 Å². The zero-order valence-corrected chi connectivity index (χ0v) is 18.1. The predicted octanol–water partition coefficient (Wildman–Crippen LogP) is 4.46. The molecule has 30 heavy (non-hydrogen) atoms. The molecule has 3 rings (SSSR count). The van der Waals surface area contributed by atoms with Gasteiger partial charge in [0.2, 0.25) is 11.8 Å². The number of carbonyl (C=O) groups is 2. The van der Waals surface area contributed by atoms with Crippen LogP contribution in [0.15, 0.2) is 42.5 Å². The van der Waals surface area contributed by atoms with Gasteiger partial charge in [0.15, 0.2) is 0 Å². The standard InChI is InChI=1S/C25H31FN2O2/c1-17-8-9-21(14-18(17)2)15-24(29)28(16-20-10-12-22(26)13-11-20)19(3)25(30)27-23-6-4-5-7-23/h8-14,19,23H,4-7,15-16H2,1-3H3,(H,27,30). The van der Waals surface area contributed by atoms with Crippen LogP contribution in [-0.4, -0.2) is 28.8 Å². The Morgan fingerprint density at radius 3 is 2.30 bits per heavy atom. The van der Waals surface area contributed by atoms with Gasteiger partial charge in [-0.3, -0.25) is 9.59 Å². The molecule has 2 aromatic rings. The number of hydrogen-bond donors (Lipinski definition) is 1. The molecular formula is C25H31FN2O2. The lowest BCUT2D eigenvalue weighted by Crippen LogP contribution is -2.50. The van der Waals surface area contributed by atoms with Gasteiger partial charge in [0.05, 0.1) is 6.42 Å². The minimum atomic E-state index is -0.602. The van der Waals surface area contributed by atoms with E-state index in [-0.39, 0.29) is 36.6 Å². The van der Waals surface area contributed by atoms with Gasteiger partial charge in [0.25, 0.3) is 0 Å². The number of aryl methyl sites for hydroxylation is 2. The van der Waals surface area contributed by atoms with E-state index >= 15 is 0 Å². The van der Waals surface area contributed by atoms with Crippen LogP contribution in [0.2, 0.25) is 0 Å². The van der Waals surface area contributed by atoms with Gasteiger partial charge in [-0.25, -0.2) is 4.39 Å². The monoisotopic (exact) mass is 410 g/mol. The molecule has 1 unspecified atom stereocenters. The van der Waals surface area contributed by atoms with Crippen LogP contribution in [0.5, 0.6) is 0 Å². The van der Waals surface area contributed by atoms with E-state index in [1.165, 1.54) is 17.7 Å². The molecule has 1 saturated carbocycles. The summed E-state index contributed by atoms with van der Waals surface area (Å²) in [7, 11) is 0. The second-order valence-corrected chi connectivity index (χ2v) is 8.41. The number of rotatable bonds is 7. The smallest absolute Gasteiger partial charge is 0.242 e. The summed E-state index contributed by atoms with van der Waals surface area (Å²) in [5.41, 5.74) is 4.04. The Morgan fingerprint density at radius 1 is 1.03 bits per heavy atom. The normalized spacial score (nSPS) is 15.1. The van der Waals surface area contributed by atoms with Gasteiger partial charge in [-0.05, 0) is 68.0 Å². The van der Waals surface area contributed by atoms with Crippen molar-refractivity contribution in [2.75, 3.05) is 0 Å². The average molecular weight is 411 g/mol. The van der Waals surface area contributed by atoms with E-state index in [0.717, 1.165) is 42.4 Å². The average Bonchev–Trinajstić information content (AvgIpc) is 3.22. The van der Waals surface area contributed by atoms with Crippen LogP contribution in [0.3, 0.4) is 0 Å². The highest BCUT2D eigenvalue weighted by atomic mass is 19.1. The number of nitrogens with zero attached hydrogens (tertiary/aromatic N) is 1. The van der Waals surface area contributed by atoms with Gasteiger partial charge >= 0.3 is 0 Å². The fraction of sp³-hybridized carbons (Fsp3) is 0.440. The molecule has 1 atom stereocenters. The predicted molar refractivity (Wildman–Crippen MR) is 116 cm³/mol. The molecule has 0 aliphatic heterocycles. The minimum Gasteiger partial charge on any atom is -0.352 e. The molecule has 4 nitrogen and oxygen atoms in total. The number of benzene rings is 2. The first-order chi connectivity index (χ1) is 14.3. The zero-order valence-electron chi connectivity index (χ0n) is 18.1. The molecule has 0 bridgehead atoms. The fourth-order valence-electron chi connectivity index (χ4n) is 3.95. The van der Waals surface area contributed by atoms with Crippen LogP contribution < -0.4 is 5.32 Å². The molecule has 1 N–H and O–H groups in total. The Balaban J connectivity index is 1.77. The maximum absolute atomic E-state index is 13.3. The summed E-state index contributed by atoms with van der Waals surface area (Å²) in [6, 6.07) is 11.7. The maximum atomic E-state index is 13.3. The van der Waals surface area contributed by atoms with Crippen LogP contribution in [0.4, 0.5) is 4.39 Å². The summed E-state index contributed by atoms with van der Waals surface area (Å²) in [4.78, 5) is 27.7. The van der Waals surface area contributed by atoms with E-state index in [1.807, 2.05) is 32.0 Å². The van der Waals surface area contributed by atoms with Crippen molar-refractivity contribution >= 4 is 11.8 Å². The van der Waals surface area contributed by atoms with Gasteiger partial charge < -0.3 is 10.2 Å². The number of carbonyl (C=O) groups excluding carboxylic acids is 2. The zero-order chi connectivity index (χ0) is 21.7. The molecule has 1 aliphatic rings. The van der Waals surface area contributed by atoms with E-state index in [0.29, 0.717) is 0 Å². The third-order valence-corrected chi connectivity index (χ3v) is 6.06. The number of amides is 2. The van der Waals surface area contributed by atoms with Gasteiger partial charge in [-0.15, -0.1) is 0 Å². The first-order valence-corrected chi connectivity index (χ1v) is 10.7. The molecular weight excluding hydrogens is 379 g/mol. The molecule has 5 heteroatoms.